The van der Waals surface area contributed by atoms with Crippen LogP contribution in [0.4, 0.5) is 11.5 Å². The monoisotopic (exact) mass is 297 g/mol. The second-order valence-corrected chi connectivity index (χ2v) is 5.31. The van der Waals surface area contributed by atoms with E-state index in [1.165, 1.54) is 0 Å². The van der Waals surface area contributed by atoms with Crippen molar-refractivity contribution in [3.8, 4) is 0 Å². The first kappa shape index (κ1) is 15.7. The number of pyridine rings is 1. The highest BCUT2D eigenvalue weighted by Crippen LogP contribution is 2.23. The number of benzene rings is 1. The summed E-state index contributed by atoms with van der Waals surface area (Å²) in [4.78, 5) is 28.1. The molecule has 0 fully saturated rings. The standard InChI is InChI=1S/C17H19N3O2/c1-11(2)13-8-4-5-9-14(13)19-16(21)17(22)20-15-10-6-7-12(3)18-15/h4-11H,1-3H3,(H,19,21)(H,18,20,22). The number of hydrogen-bond donors (Lipinski definition) is 2. The lowest BCUT2D eigenvalue weighted by atomic mass is 10.0. The van der Waals surface area contributed by atoms with Crippen molar-refractivity contribution < 1.29 is 9.59 Å². The van der Waals surface area contributed by atoms with Gasteiger partial charge in [0.15, 0.2) is 0 Å². The van der Waals surface area contributed by atoms with E-state index in [9.17, 15) is 9.59 Å². The average Bonchev–Trinajstić information content (AvgIpc) is 2.47. The summed E-state index contributed by atoms with van der Waals surface area (Å²) in [5.74, 6) is -0.844. The van der Waals surface area contributed by atoms with Crippen LogP contribution >= 0.6 is 0 Å². The third-order valence-corrected chi connectivity index (χ3v) is 3.17. The van der Waals surface area contributed by atoms with Gasteiger partial charge in [-0.25, -0.2) is 4.98 Å². The van der Waals surface area contributed by atoms with Crippen molar-refractivity contribution in [1.82, 2.24) is 4.98 Å². The van der Waals surface area contributed by atoms with E-state index < -0.39 is 11.8 Å². The molecule has 2 amide bonds. The lowest BCUT2D eigenvalue weighted by Crippen LogP contribution is -2.29. The van der Waals surface area contributed by atoms with Crippen molar-refractivity contribution in [2.75, 3.05) is 10.6 Å². The quantitative estimate of drug-likeness (QED) is 0.855. The molecule has 0 radical (unpaired) electrons. The Kier molecular flexibility index (Phi) is 4.88. The number of nitrogens with zero attached hydrogens (tertiary/aromatic N) is 1. The first-order chi connectivity index (χ1) is 10.5. The number of anilines is 2. The fraction of sp³-hybridized carbons (Fsp3) is 0.235. The molecule has 114 valence electrons. The first-order valence-corrected chi connectivity index (χ1v) is 7.12. The van der Waals surface area contributed by atoms with Crippen molar-refractivity contribution in [3.63, 3.8) is 0 Å². The summed E-state index contributed by atoms with van der Waals surface area (Å²) in [7, 11) is 0. The van der Waals surface area contributed by atoms with Gasteiger partial charge in [-0.15, -0.1) is 0 Å². The second kappa shape index (κ2) is 6.85. The minimum absolute atomic E-state index is 0.248. The summed E-state index contributed by atoms with van der Waals surface area (Å²) >= 11 is 0. The molecule has 5 nitrogen and oxygen atoms in total. The van der Waals surface area contributed by atoms with Gasteiger partial charge in [0.2, 0.25) is 0 Å². The summed E-state index contributed by atoms with van der Waals surface area (Å²) in [5.41, 5.74) is 2.40. The Morgan fingerprint density at radius 1 is 0.955 bits per heavy atom. The number of rotatable bonds is 3. The molecule has 5 heteroatoms. The molecule has 2 N–H and O–H groups in total. The van der Waals surface area contributed by atoms with E-state index in [2.05, 4.69) is 15.6 Å². The Bertz CT molecular complexity index is 696. The van der Waals surface area contributed by atoms with Crippen LogP contribution in [0.1, 0.15) is 31.0 Å². The molecule has 0 atom stereocenters. The Balaban J connectivity index is 2.08. The topological polar surface area (TPSA) is 71.1 Å². The van der Waals surface area contributed by atoms with Crippen molar-refractivity contribution in [1.29, 1.82) is 0 Å². The summed E-state index contributed by atoms with van der Waals surface area (Å²) in [6, 6.07) is 12.7. The largest absolute Gasteiger partial charge is 0.318 e. The van der Waals surface area contributed by atoms with E-state index >= 15 is 0 Å². The second-order valence-electron chi connectivity index (χ2n) is 5.31. The molecule has 0 aliphatic carbocycles. The van der Waals surface area contributed by atoms with Crippen LogP contribution in [0.2, 0.25) is 0 Å². The molecule has 1 aromatic carbocycles. The average molecular weight is 297 g/mol. The molecule has 0 unspecified atom stereocenters. The molecule has 0 spiro atoms. The van der Waals surface area contributed by atoms with E-state index in [0.29, 0.717) is 11.5 Å². The Morgan fingerprint density at radius 2 is 1.64 bits per heavy atom. The molecule has 0 bridgehead atoms. The number of aryl methyl sites for hydroxylation is 1. The smallest absolute Gasteiger partial charge is 0.315 e. The maximum absolute atomic E-state index is 12.0. The van der Waals surface area contributed by atoms with Gasteiger partial charge in [-0.1, -0.05) is 38.1 Å². The Hall–Kier alpha value is -2.69. The summed E-state index contributed by atoms with van der Waals surface area (Å²) < 4.78 is 0. The van der Waals surface area contributed by atoms with Gasteiger partial charge >= 0.3 is 11.8 Å². The van der Waals surface area contributed by atoms with Crippen molar-refractivity contribution in [3.05, 3.63) is 53.7 Å². The molecule has 0 saturated heterocycles. The maximum Gasteiger partial charge on any atom is 0.315 e. The lowest BCUT2D eigenvalue weighted by molar-refractivity contribution is -0.133. The van der Waals surface area contributed by atoms with Crippen LogP contribution < -0.4 is 10.6 Å². The van der Waals surface area contributed by atoms with Gasteiger partial charge in [-0.3, -0.25) is 9.59 Å². The summed E-state index contributed by atoms with van der Waals surface area (Å²) in [6.07, 6.45) is 0. The molecule has 0 aliphatic heterocycles. The van der Waals surface area contributed by atoms with Gasteiger partial charge in [0.1, 0.15) is 5.82 Å². The normalized spacial score (nSPS) is 10.4. The van der Waals surface area contributed by atoms with Gasteiger partial charge < -0.3 is 10.6 Å². The van der Waals surface area contributed by atoms with Gasteiger partial charge in [0, 0.05) is 11.4 Å². The third-order valence-electron chi connectivity index (χ3n) is 3.17. The van der Waals surface area contributed by atoms with Crippen molar-refractivity contribution >= 4 is 23.3 Å². The van der Waals surface area contributed by atoms with E-state index in [-0.39, 0.29) is 5.92 Å². The van der Waals surface area contributed by atoms with Crippen molar-refractivity contribution in [2.24, 2.45) is 0 Å². The molecular weight excluding hydrogens is 278 g/mol. The SMILES string of the molecule is Cc1cccc(NC(=O)C(=O)Nc2ccccc2C(C)C)n1. The van der Waals surface area contributed by atoms with E-state index in [0.717, 1.165) is 11.3 Å². The minimum atomic E-state index is -0.739. The molecule has 2 rings (SSSR count). The van der Waals surface area contributed by atoms with Crippen LogP contribution in [0, 0.1) is 6.92 Å². The fourth-order valence-corrected chi connectivity index (χ4v) is 2.08. The number of carbonyl (C=O) groups excluding carboxylic acids is 2. The van der Waals surface area contributed by atoms with E-state index in [4.69, 9.17) is 0 Å². The zero-order chi connectivity index (χ0) is 16.1. The number of nitrogens with one attached hydrogen (secondary N) is 2. The minimum Gasteiger partial charge on any atom is -0.318 e. The van der Waals surface area contributed by atoms with Crippen LogP contribution in [0.15, 0.2) is 42.5 Å². The molecule has 1 aromatic heterocycles. The van der Waals surface area contributed by atoms with Crippen molar-refractivity contribution in [2.45, 2.75) is 26.7 Å². The highest BCUT2D eigenvalue weighted by molar-refractivity contribution is 6.43. The molecule has 0 aliphatic rings. The lowest BCUT2D eigenvalue weighted by Gasteiger charge is -2.13. The zero-order valence-corrected chi connectivity index (χ0v) is 12.9. The van der Waals surface area contributed by atoms with Crippen LogP contribution in [0.25, 0.3) is 0 Å². The number of para-hydroxylation sites is 1. The van der Waals surface area contributed by atoms with Gasteiger partial charge in [-0.05, 0) is 36.6 Å². The van der Waals surface area contributed by atoms with Crippen LogP contribution in [0.3, 0.4) is 0 Å². The highest BCUT2D eigenvalue weighted by atomic mass is 16.2. The Labute approximate surface area is 129 Å². The molecule has 1 heterocycles. The summed E-state index contributed by atoms with van der Waals surface area (Å²) in [6.45, 7) is 5.87. The number of aromatic nitrogens is 1. The Morgan fingerprint density at radius 3 is 2.32 bits per heavy atom. The highest BCUT2D eigenvalue weighted by Gasteiger charge is 2.16. The maximum atomic E-state index is 12.0. The molecule has 22 heavy (non-hydrogen) atoms. The molecule has 0 saturated carbocycles. The predicted molar refractivity (Wildman–Crippen MR) is 86.8 cm³/mol. The van der Waals surface area contributed by atoms with Gasteiger partial charge in [-0.2, -0.15) is 0 Å². The zero-order valence-electron chi connectivity index (χ0n) is 12.9. The van der Waals surface area contributed by atoms with Crippen LogP contribution in [0.5, 0.6) is 0 Å². The number of hydrogen-bond acceptors (Lipinski definition) is 3. The third kappa shape index (κ3) is 3.91. The molecule has 2 aromatic rings. The molecular formula is C17H19N3O2. The van der Waals surface area contributed by atoms with Crippen LogP contribution in [-0.4, -0.2) is 16.8 Å². The van der Waals surface area contributed by atoms with Crippen LogP contribution in [-0.2, 0) is 9.59 Å². The van der Waals surface area contributed by atoms with E-state index in [1.54, 1.807) is 18.2 Å². The fourth-order valence-electron chi connectivity index (χ4n) is 2.08. The summed E-state index contributed by atoms with van der Waals surface area (Å²) in [5, 5.41) is 5.14. The van der Waals surface area contributed by atoms with Gasteiger partial charge in [0.05, 0.1) is 0 Å². The predicted octanol–water partition coefficient (Wildman–Crippen LogP) is 3.09. The number of carbonyl (C=O) groups is 2. The number of amides is 2. The first-order valence-electron chi connectivity index (χ1n) is 7.12. The van der Waals surface area contributed by atoms with E-state index in [1.807, 2.05) is 45.0 Å². The van der Waals surface area contributed by atoms with Gasteiger partial charge in [0.25, 0.3) is 0 Å².